The molecule has 1 heterocycles. The zero-order valence-corrected chi connectivity index (χ0v) is 12.1. The summed E-state index contributed by atoms with van der Waals surface area (Å²) in [5.74, 6) is 1.51. The Hall–Kier alpha value is -2.07. The minimum Gasteiger partial charge on any atom is -0.497 e. The second-order valence-electron chi connectivity index (χ2n) is 4.53. The number of rotatable bonds is 6. The van der Waals surface area contributed by atoms with E-state index in [2.05, 4.69) is 22.4 Å². The predicted molar refractivity (Wildman–Crippen MR) is 79.3 cm³/mol. The lowest BCUT2D eigenvalue weighted by Crippen LogP contribution is -2.18. The van der Waals surface area contributed by atoms with Gasteiger partial charge in [0.2, 0.25) is 5.88 Å². The van der Waals surface area contributed by atoms with E-state index in [4.69, 9.17) is 9.47 Å². The first-order chi connectivity index (χ1) is 9.76. The molecule has 1 aromatic carbocycles. The number of aromatic nitrogens is 1. The van der Waals surface area contributed by atoms with E-state index < -0.39 is 0 Å². The van der Waals surface area contributed by atoms with Gasteiger partial charge in [-0.3, -0.25) is 0 Å². The van der Waals surface area contributed by atoms with Crippen molar-refractivity contribution in [3.05, 3.63) is 53.7 Å². The summed E-state index contributed by atoms with van der Waals surface area (Å²) in [4.78, 5) is 4.24. The monoisotopic (exact) mass is 272 g/mol. The van der Waals surface area contributed by atoms with Crippen LogP contribution in [0.3, 0.4) is 0 Å². The van der Waals surface area contributed by atoms with Crippen molar-refractivity contribution in [1.82, 2.24) is 10.3 Å². The van der Waals surface area contributed by atoms with Crippen LogP contribution in [0, 0.1) is 0 Å². The smallest absolute Gasteiger partial charge is 0.212 e. The van der Waals surface area contributed by atoms with Gasteiger partial charge in [0.25, 0.3) is 0 Å². The third-order valence-electron chi connectivity index (χ3n) is 3.29. The van der Waals surface area contributed by atoms with Crippen molar-refractivity contribution < 1.29 is 9.47 Å². The third-order valence-corrected chi connectivity index (χ3v) is 3.29. The maximum atomic E-state index is 5.27. The van der Waals surface area contributed by atoms with Crippen molar-refractivity contribution in [1.29, 1.82) is 0 Å². The minimum absolute atomic E-state index is 0.222. The summed E-state index contributed by atoms with van der Waals surface area (Å²) in [7, 11) is 5.26. The van der Waals surface area contributed by atoms with Crippen LogP contribution >= 0.6 is 0 Å². The highest BCUT2D eigenvalue weighted by Crippen LogP contribution is 2.22. The van der Waals surface area contributed by atoms with E-state index in [-0.39, 0.29) is 6.04 Å². The van der Waals surface area contributed by atoms with E-state index in [9.17, 15) is 0 Å². The maximum Gasteiger partial charge on any atom is 0.212 e. The average molecular weight is 272 g/mol. The molecule has 0 aliphatic carbocycles. The predicted octanol–water partition coefficient (Wildman–Crippen LogP) is 2.60. The number of hydrogen-bond donors (Lipinski definition) is 1. The summed E-state index contributed by atoms with van der Waals surface area (Å²) >= 11 is 0. The highest BCUT2D eigenvalue weighted by atomic mass is 16.5. The molecular formula is C16H20N2O2. The highest BCUT2D eigenvalue weighted by molar-refractivity contribution is 5.31. The van der Waals surface area contributed by atoms with Gasteiger partial charge in [0.05, 0.1) is 14.2 Å². The van der Waals surface area contributed by atoms with Gasteiger partial charge >= 0.3 is 0 Å². The van der Waals surface area contributed by atoms with Gasteiger partial charge in [-0.2, -0.15) is 0 Å². The number of nitrogens with zero attached hydrogens (tertiary/aromatic N) is 1. The van der Waals surface area contributed by atoms with Gasteiger partial charge in [0, 0.05) is 18.3 Å². The van der Waals surface area contributed by atoms with Crippen molar-refractivity contribution in [2.75, 3.05) is 21.3 Å². The lowest BCUT2D eigenvalue weighted by molar-refractivity contribution is 0.397. The molecule has 0 bridgehead atoms. The van der Waals surface area contributed by atoms with Crippen LogP contribution in [0.25, 0.3) is 0 Å². The molecule has 0 aliphatic heterocycles. The largest absolute Gasteiger partial charge is 0.497 e. The molecule has 1 N–H and O–H groups in total. The summed E-state index contributed by atoms with van der Waals surface area (Å²) in [5.41, 5.74) is 2.36. The Kier molecular flexibility index (Phi) is 4.96. The van der Waals surface area contributed by atoms with Gasteiger partial charge in [-0.25, -0.2) is 4.98 Å². The topological polar surface area (TPSA) is 43.4 Å². The van der Waals surface area contributed by atoms with Crippen molar-refractivity contribution in [2.45, 2.75) is 12.5 Å². The van der Waals surface area contributed by atoms with Crippen LogP contribution in [-0.4, -0.2) is 26.3 Å². The highest BCUT2D eigenvalue weighted by Gasteiger charge is 2.11. The number of nitrogens with one attached hydrogen (secondary N) is 1. The molecule has 4 nitrogen and oxygen atoms in total. The van der Waals surface area contributed by atoms with Crippen LogP contribution in [0.1, 0.15) is 17.2 Å². The Bertz CT molecular complexity index is 540. The molecule has 0 aliphatic rings. The van der Waals surface area contributed by atoms with Gasteiger partial charge in [-0.05, 0) is 36.7 Å². The van der Waals surface area contributed by atoms with E-state index in [1.807, 2.05) is 37.5 Å². The molecule has 1 unspecified atom stereocenters. The fourth-order valence-corrected chi connectivity index (χ4v) is 2.13. The Morgan fingerprint density at radius 3 is 2.60 bits per heavy atom. The van der Waals surface area contributed by atoms with E-state index in [1.54, 1.807) is 14.2 Å². The van der Waals surface area contributed by atoms with Crippen LogP contribution in [0.5, 0.6) is 11.6 Å². The number of likely N-dealkylation sites (N-methyl/N-ethyl adjacent to an activating group) is 1. The number of hydrogen-bond acceptors (Lipinski definition) is 4. The van der Waals surface area contributed by atoms with Crippen molar-refractivity contribution in [3.63, 3.8) is 0 Å². The number of pyridine rings is 1. The molecule has 1 aromatic heterocycles. The van der Waals surface area contributed by atoms with E-state index in [0.29, 0.717) is 5.88 Å². The summed E-state index contributed by atoms with van der Waals surface area (Å²) in [5, 5.41) is 3.33. The summed E-state index contributed by atoms with van der Waals surface area (Å²) in [6, 6.07) is 12.2. The second-order valence-corrected chi connectivity index (χ2v) is 4.53. The molecule has 20 heavy (non-hydrogen) atoms. The lowest BCUT2D eigenvalue weighted by atomic mass is 10.00. The molecule has 2 aromatic rings. The molecular weight excluding hydrogens is 252 g/mol. The Balaban J connectivity index is 2.14. The molecule has 0 saturated carbocycles. The first kappa shape index (κ1) is 14.3. The van der Waals surface area contributed by atoms with Gasteiger partial charge in [-0.1, -0.05) is 18.2 Å². The molecule has 2 rings (SSSR count). The second kappa shape index (κ2) is 6.91. The summed E-state index contributed by atoms with van der Waals surface area (Å²) in [6.07, 6.45) is 2.71. The molecule has 0 amide bonds. The maximum absolute atomic E-state index is 5.27. The SMILES string of the molecule is CNC(Cc1ccc(OC)nc1)c1cccc(OC)c1. The van der Waals surface area contributed by atoms with Gasteiger partial charge < -0.3 is 14.8 Å². The summed E-state index contributed by atoms with van der Waals surface area (Å²) < 4.78 is 10.3. The molecule has 0 saturated heterocycles. The number of ether oxygens (including phenoxy) is 2. The fraction of sp³-hybridized carbons (Fsp3) is 0.312. The standard InChI is InChI=1S/C16H20N2O2/c1-17-15(13-5-4-6-14(10-13)19-2)9-12-7-8-16(20-3)18-11-12/h4-8,10-11,15,17H,9H2,1-3H3. The van der Waals surface area contributed by atoms with Crippen LogP contribution in [-0.2, 0) is 6.42 Å². The van der Waals surface area contributed by atoms with Gasteiger partial charge in [0.15, 0.2) is 0 Å². The zero-order valence-electron chi connectivity index (χ0n) is 12.1. The van der Waals surface area contributed by atoms with Crippen molar-refractivity contribution in [2.24, 2.45) is 0 Å². The Labute approximate surface area is 119 Å². The van der Waals surface area contributed by atoms with Crippen LogP contribution in [0.15, 0.2) is 42.6 Å². The first-order valence-corrected chi connectivity index (χ1v) is 6.57. The molecule has 106 valence electrons. The van der Waals surface area contributed by atoms with Gasteiger partial charge in [-0.15, -0.1) is 0 Å². The van der Waals surface area contributed by atoms with Crippen molar-refractivity contribution >= 4 is 0 Å². The zero-order chi connectivity index (χ0) is 14.4. The van der Waals surface area contributed by atoms with Gasteiger partial charge in [0.1, 0.15) is 5.75 Å². The lowest BCUT2D eigenvalue weighted by Gasteiger charge is -2.17. The Morgan fingerprint density at radius 1 is 1.15 bits per heavy atom. The first-order valence-electron chi connectivity index (χ1n) is 6.57. The molecule has 0 spiro atoms. The van der Waals surface area contributed by atoms with Crippen LogP contribution in [0.4, 0.5) is 0 Å². The minimum atomic E-state index is 0.222. The fourth-order valence-electron chi connectivity index (χ4n) is 2.13. The number of methoxy groups -OCH3 is 2. The van der Waals surface area contributed by atoms with Crippen LogP contribution < -0.4 is 14.8 Å². The van der Waals surface area contributed by atoms with Crippen LogP contribution in [0.2, 0.25) is 0 Å². The molecule has 0 fully saturated rings. The summed E-state index contributed by atoms with van der Waals surface area (Å²) in [6.45, 7) is 0. The normalized spacial score (nSPS) is 11.9. The average Bonchev–Trinajstić information content (AvgIpc) is 2.53. The number of benzene rings is 1. The molecule has 0 radical (unpaired) electrons. The quantitative estimate of drug-likeness (QED) is 0.878. The van der Waals surface area contributed by atoms with E-state index in [1.165, 1.54) is 5.56 Å². The molecule has 1 atom stereocenters. The Morgan fingerprint density at radius 2 is 2.00 bits per heavy atom. The molecule has 4 heteroatoms. The van der Waals surface area contributed by atoms with E-state index in [0.717, 1.165) is 17.7 Å². The van der Waals surface area contributed by atoms with E-state index >= 15 is 0 Å². The van der Waals surface area contributed by atoms with Crippen molar-refractivity contribution in [3.8, 4) is 11.6 Å². The third kappa shape index (κ3) is 3.48.